The monoisotopic (exact) mass is 319 g/mol. The third-order valence-corrected chi connectivity index (χ3v) is 4.99. The Kier molecular flexibility index (Phi) is 4.35. The molecule has 3 aromatic rings. The van der Waals surface area contributed by atoms with Gasteiger partial charge >= 0.3 is 0 Å². The smallest absolute Gasteiger partial charge is 0.141 e. The predicted octanol–water partition coefficient (Wildman–Crippen LogP) is 4.50. The molecule has 0 radical (unpaired) electrons. The third-order valence-electron chi connectivity index (χ3n) is 4.99. The maximum atomic E-state index is 4.92. The molecule has 0 amide bonds. The van der Waals surface area contributed by atoms with E-state index in [-0.39, 0.29) is 0 Å². The topological polar surface area (TPSA) is 21.1 Å². The van der Waals surface area contributed by atoms with Crippen LogP contribution < -0.4 is 0 Å². The summed E-state index contributed by atoms with van der Waals surface area (Å²) in [5.74, 6) is 1.10. The molecule has 1 aromatic heterocycles. The fourth-order valence-electron chi connectivity index (χ4n) is 3.77. The van der Waals surface area contributed by atoms with Gasteiger partial charge in [0.05, 0.1) is 11.0 Å². The first-order chi connectivity index (χ1) is 11.8. The molecule has 1 aliphatic heterocycles. The lowest BCUT2D eigenvalue weighted by molar-refractivity contribution is 0.326. The van der Waals surface area contributed by atoms with Crippen LogP contribution in [0.15, 0.2) is 48.5 Å². The SMILES string of the molecule is Cc1cccc(-c2nc3ccccc3n2CCCN2CCCC2)c1. The van der Waals surface area contributed by atoms with Gasteiger partial charge in [-0.15, -0.1) is 0 Å². The van der Waals surface area contributed by atoms with Crippen molar-refractivity contribution in [1.82, 2.24) is 14.5 Å². The van der Waals surface area contributed by atoms with Crippen LogP contribution in [0.2, 0.25) is 0 Å². The molecule has 0 unspecified atom stereocenters. The zero-order chi connectivity index (χ0) is 16.4. The lowest BCUT2D eigenvalue weighted by atomic mass is 10.1. The molecular weight excluding hydrogens is 294 g/mol. The normalized spacial score (nSPS) is 15.4. The first-order valence-electron chi connectivity index (χ1n) is 9.06. The fourth-order valence-corrected chi connectivity index (χ4v) is 3.77. The van der Waals surface area contributed by atoms with Gasteiger partial charge in [-0.25, -0.2) is 4.98 Å². The van der Waals surface area contributed by atoms with Crippen LogP contribution in [0, 0.1) is 6.92 Å². The largest absolute Gasteiger partial charge is 0.324 e. The number of rotatable bonds is 5. The summed E-state index contributed by atoms with van der Waals surface area (Å²) >= 11 is 0. The number of imidazole rings is 1. The van der Waals surface area contributed by atoms with Gasteiger partial charge in [0, 0.05) is 12.1 Å². The molecule has 1 fully saturated rings. The van der Waals surface area contributed by atoms with E-state index in [2.05, 4.69) is 64.9 Å². The molecule has 3 heteroatoms. The van der Waals surface area contributed by atoms with Gasteiger partial charge in [0.25, 0.3) is 0 Å². The van der Waals surface area contributed by atoms with E-state index < -0.39 is 0 Å². The summed E-state index contributed by atoms with van der Waals surface area (Å²) in [6.07, 6.45) is 3.91. The number of para-hydroxylation sites is 2. The molecular formula is C21H25N3. The quantitative estimate of drug-likeness (QED) is 0.690. The minimum Gasteiger partial charge on any atom is -0.324 e. The van der Waals surface area contributed by atoms with Crippen LogP contribution in [0.25, 0.3) is 22.4 Å². The Hall–Kier alpha value is -2.13. The molecule has 0 N–H and O–H groups in total. The van der Waals surface area contributed by atoms with Gasteiger partial charge in [0.2, 0.25) is 0 Å². The van der Waals surface area contributed by atoms with Crippen LogP contribution in [0.3, 0.4) is 0 Å². The van der Waals surface area contributed by atoms with E-state index in [4.69, 9.17) is 4.98 Å². The number of benzene rings is 2. The number of hydrogen-bond donors (Lipinski definition) is 0. The molecule has 0 bridgehead atoms. The fraction of sp³-hybridized carbons (Fsp3) is 0.381. The van der Waals surface area contributed by atoms with Crippen molar-refractivity contribution in [3.8, 4) is 11.4 Å². The van der Waals surface area contributed by atoms with Crippen molar-refractivity contribution in [2.75, 3.05) is 19.6 Å². The highest BCUT2D eigenvalue weighted by molar-refractivity contribution is 5.80. The van der Waals surface area contributed by atoms with E-state index in [0.717, 1.165) is 17.9 Å². The van der Waals surface area contributed by atoms with Crippen molar-refractivity contribution in [2.45, 2.75) is 32.7 Å². The Morgan fingerprint density at radius 3 is 2.62 bits per heavy atom. The van der Waals surface area contributed by atoms with Gasteiger partial charge in [-0.1, -0.05) is 35.9 Å². The Balaban J connectivity index is 1.65. The summed E-state index contributed by atoms with van der Waals surface area (Å²) in [7, 11) is 0. The first-order valence-corrected chi connectivity index (χ1v) is 9.06. The van der Waals surface area contributed by atoms with Crippen LogP contribution in [0.5, 0.6) is 0 Å². The van der Waals surface area contributed by atoms with Crippen LogP contribution in [0.1, 0.15) is 24.8 Å². The van der Waals surface area contributed by atoms with Gasteiger partial charge in [0.15, 0.2) is 0 Å². The van der Waals surface area contributed by atoms with Gasteiger partial charge in [-0.05, 0) is 64.0 Å². The second kappa shape index (κ2) is 6.78. The van der Waals surface area contributed by atoms with E-state index in [1.807, 2.05) is 0 Å². The molecule has 2 heterocycles. The van der Waals surface area contributed by atoms with Crippen molar-refractivity contribution in [3.63, 3.8) is 0 Å². The predicted molar refractivity (Wildman–Crippen MR) is 100 cm³/mol. The number of likely N-dealkylation sites (tertiary alicyclic amines) is 1. The maximum absolute atomic E-state index is 4.92. The molecule has 0 spiro atoms. The first kappa shape index (κ1) is 15.4. The lowest BCUT2D eigenvalue weighted by Crippen LogP contribution is -2.21. The summed E-state index contributed by atoms with van der Waals surface area (Å²) in [6, 6.07) is 17.2. The summed E-state index contributed by atoms with van der Waals surface area (Å²) in [5, 5.41) is 0. The van der Waals surface area contributed by atoms with Crippen LogP contribution in [-0.2, 0) is 6.54 Å². The highest BCUT2D eigenvalue weighted by Crippen LogP contribution is 2.26. The molecule has 3 nitrogen and oxygen atoms in total. The number of nitrogens with zero attached hydrogens (tertiary/aromatic N) is 3. The maximum Gasteiger partial charge on any atom is 0.141 e. The van der Waals surface area contributed by atoms with Crippen molar-refractivity contribution in [2.24, 2.45) is 0 Å². The molecule has 0 atom stereocenters. The molecule has 4 rings (SSSR count). The van der Waals surface area contributed by atoms with Gasteiger partial charge in [-0.2, -0.15) is 0 Å². The second-order valence-corrected chi connectivity index (χ2v) is 6.85. The molecule has 24 heavy (non-hydrogen) atoms. The van der Waals surface area contributed by atoms with E-state index in [1.54, 1.807) is 0 Å². The van der Waals surface area contributed by atoms with Crippen molar-refractivity contribution in [1.29, 1.82) is 0 Å². The third kappa shape index (κ3) is 3.09. The van der Waals surface area contributed by atoms with E-state index in [0.29, 0.717) is 0 Å². The van der Waals surface area contributed by atoms with Crippen molar-refractivity contribution in [3.05, 3.63) is 54.1 Å². The summed E-state index contributed by atoms with van der Waals surface area (Å²) in [4.78, 5) is 7.51. The highest BCUT2D eigenvalue weighted by Gasteiger charge is 2.14. The number of fused-ring (bicyclic) bond motifs is 1. The number of hydrogen-bond acceptors (Lipinski definition) is 2. The van der Waals surface area contributed by atoms with Gasteiger partial charge < -0.3 is 9.47 Å². The Morgan fingerprint density at radius 2 is 1.79 bits per heavy atom. The Bertz CT molecular complexity index is 828. The van der Waals surface area contributed by atoms with E-state index in [1.165, 1.54) is 55.5 Å². The number of aryl methyl sites for hydroxylation is 2. The molecule has 0 saturated carbocycles. The van der Waals surface area contributed by atoms with Crippen molar-refractivity contribution >= 4 is 11.0 Å². The Morgan fingerprint density at radius 1 is 0.958 bits per heavy atom. The van der Waals surface area contributed by atoms with Crippen LogP contribution in [0.4, 0.5) is 0 Å². The summed E-state index contributed by atoms with van der Waals surface area (Å²) in [5.41, 5.74) is 4.83. The van der Waals surface area contributed by atoms with Crippen molar-refractivity contribution < 1.29 is 0 Å². The molecule has 0 aliphatic carbocycles. The standard InChI is InChI=1S/C21H25N3/c1-17-8-6-9-18(16-17)21-22-19-10-2-3-11-20(19)24(21)15-7-14-23-12-4-5-13-23/h2-3,6,8-11,16H,4-5,7,12-15H2,1H3. The Labute approximate surface area is 143 Å². The zero-order valence-electron chi connectivity index (χ0n) is 14.4. The minimum absolute atomic E-state index is 1.03. The van der Waals surface area contributed by atoms with Gasteiger partial charge in [-0.3, -0.25) is 0 Å². The summed E-state index contributed by atoms with van der Waals surface area (Å²) in [6.45, 7) is 6.91. The average molecular weight is 319 g/mol. The molecule has 124 valence electrons. The zero-order valence-corrected chi connectivity index (χ0v) is 14.4. The summed E-state index contributed by atoms with van der Waals surface area (Å²) < 4.78 is 2.40. The van der Waals surface area contributed by atoms with Gasteiger partial charge in [0.1, 0.15) is 5.82 Å². The average Bonchev–Trinajstić information content (AvgIpc) is 3.23. The highest BCUT2D eigenvalue weighted by atomic mass is 15.1. The molecule has 2 aromatic carbocycles. The lowest BCUT2D eigenvalue weighted by Gasteiger charge is -2.15. The number of aromatic nitrogens is 2. The second-order valence-electron chi connectivity index (χ2n) is 6.85. The van der Waals surface area contributed by atoms with Crippen LogP contribution in [-0.4, -0.2) is 34.1 Å². The molecule has 1 saturated heterocycles. The van der Waals surface area contributed by atoms with Crippen LogP contribution >= 0.6 is 0 Å². The minimum atomic E-state index is 1.03. The van der Waals surface area contributed by atoms with E-state index >= 15 is 0 Å². The van der Waals surface area contributed by atoms with E-state index in [9.17, 15) is 0 Å². The molecule has 1 aliphatic rings.